The Morgan fingerprint density at radius 2 is 1.83 bits per heavy atom. The minimum atomic E-state index is -0.668. The lowest BCUT2D eigenvalue weighted by Crippen LogP contribution is -2.19. The lowest BCUT2D eigenvalue weighted by Gasteiger charge is -2.12. The molecule has 0 saturated heterocycles. The molecule has 0 bridgehead atoms. The molecular formula is C20H21N5O3S. The maximum atomic E-state index is 13.0. The van der Waals surface area contributed by atoms with Gasteiger partial charge in [0.05, 0.1) is 11.3 Å². The van der Waals surface area contributed by atoms with Gasteiger partial charge in [0, 0.05) is 23.4 Å². The van der Waals surface area contributed by atoms with Gasteiger partial charge in [0.15, 0.2) is 0 Å². The van der Waals surface area contributed by atoms with Crippen LogP contribution in [0.25, 0.3) is 11.3 Å². The molecule has 0 spiro atoms. The van der Waals surface area contributed by atoms with Crippen LogP contribution in [-0.4, -0.2) is 22.9 Å². The number of thiophene rings is 1. The standard InChI is InChI=1S/C20H21N5O3S/c21-11-7-5-10(6-8-11)13-9-14(28-25-13)17(26)18-16(22)15(19(23)27)20(29-18)24-12-3-1-2-4-12/h5-9,12,24H,1-4,21-22H2,(H2,23,27). The van der Waals surface area contributed by atoms with E-state index < -0.39 is 11.7 Å². The van der Waals surface area contributed by atoms with Crippen molar-refractivity contribution in [1.29, 1.82) is 0 Å². The molecule has 7 N–H and O–H groups in total. The molecule has 1 aliphatic rings. The van der Waals surface area contributed by atoms with Gasteiger partial charge in [-0.25, -0.2) is 0 Å². The maximum Gasteiger partial charge on any atom is 0.253 e. The molecule has 0 aliphatic heterocycles. The molecule has 0 atom stereocenters. The number of anilines is 3. The van der Waals surface area contributed by atoms with Gasteiger partial charge in [-0.15, -0.1) is 11.3 Å². The number of nitrogens with zero attached hydrogens (tertiary/aromatic N) is 1. The summed E-state index contributed by atoms with van der Waals surface area (Å²) >= 11 is 1.12. The highest BCUT2D eigenvalue weighted by molar-refractivity contribution is 7.19. The molecule has 1 saturated carbocycles. The number of nitrogens with one attached hydrogen (secondary N) is 1. The fourth-order valence-corrected chi connectivity index (χ4v) is 4.65. The average molecular weight is 411 g/mol. The second kappa shape index (κ2) is 7.59. The third-order valence-electron chi connectivity index (χ3n) is 5.03. The Bertz CT molecular complexity index is 1060. The zero-order valence-corrected chi connectivity index (χ0v) is 16.4. The fraction of sp³-hybridized carbons (Fsp3) is 0.250. The molecule has 0 radical (unpaired) electrons. The van der Waals surface area contributed by atoms with Crippen LogP contribution in [0.3, 0.4) is 0 Å². The normalized spacial score (nSPS) is 14.2. The SMILES string of the molecule is NC(=O)c1c(NC2CCCC2)sc(C(=O)c2cc(-c3ccc(N)cc3)no2)c1N. The second-order valence-electron chi connectivity index (χ2n) is 7.07. The van der Waals surface area contributed by atoms with E-state index in [4.69, 9.17) is 21.7 Å². The van der Waals surface area contributed by atoms with Crippen molar-refractivity contribution in [2.24, 2.45) is 5.73 Å². The molecule has 1 amide bonds. The van der Waals surface area contributed by atoms with Gasteiger partial charge >= 0.3 is 0 Å². The summed E-state index contributed by atoms with van der Waals surface area (Å²) in [5.74, 6) is -1.07. The van der Waals surface area contributed by atoms with Crippen molar-refractivity contribution in [3.05, 3.63) is 46.5 Å². The van der Waals surface area contributed by atoms with E-state index in [1.54, 1.807) is 30.3 Å². The van der Waals surface area contributed by atoms with E-state index in [9.17, 15) is 9.59 Å². The second-order valence-corrected chi connectivity index (χ2v) is 8.09. The minimum absolute atomic E-state index is 0.0354. The lowest BCUT2D eigenvalue weighted by molar-refractivity contribution is 0.1000. The smallest absolute Gasteiger partial charge is 0.253 e. The van der Waals surface area contributed by atoms with Gasteiger partial charge in [-0.2, -0.15) is 0 Å². The van der Waals surface area contributed by atoms with Crippen molar-refractivity contribution in [2.45, 2.75) is 31.7 Å². The fourth-order valence-electron chi connectivity index (χ4n) is 3.50. The summed E-state index contributed by atoms with van der Waals surface area (Å²) in [6, 6.07) is 8.84. The number of ketones is 1. The molecule has 1 aromatic carbocycles. The van der Waals surface area contributed by atoms with E-state index >= 15 is 0 Å². The Kier molecular flexibility index (Phi) is 4.98. The monoisotopic (exact) mass is 411 g/mol. The van der Waals surface area contributed by atoms with Crippen molar-refractivity contribution < 1.29 is 14.1 Å². The number of nitrogens with two attached hydrogens (primary N) is 3. The van der Waals surface area contributed by atoms with Crippen LogP contribution < -0.4 is 22.5 Å². The molecule has 150 valence electrons. The summed E-state index contributed by atoms with van der Waals surface area (Å²) in [4.78, 5) is 25.2. The first-order chi connectivity index (χ1) is 13.9. The maximum absolute atomic E-state index is 13.0. The topological polar surface area (TPSA) is 150 Å². The number of carbonyl (C=O) groups excluding carboxylic acids is 2. The summed E-state index contributed by atoms with van der Waals surface area (Å²) in [5, 5.41) is 7.81. The van der Waals surface area contributed by atoms with Crippen LogP contribution in [0.5, 0.6) is 0 Å². The third-order valence-corrected chi connectivity index (χ3v) is 6.16. The summed E-state index contributed by atoms with van der Waals surface area (Å²) in [7, 11) is 0. The van der Waals surface area contributed by atoms with Crippen LogP contribution in [0.4, 0.5) is 16.4 Å². The van der Waals surface area contributed by atoms with Gasteiger partial charge < -0.3 is 27.0 Å². The van der Waals surface area contributed by atoms with E-state index in [0.717, 1.165) is 42.6 Å². The quantitative estimate of drug-likeness (QED) is 0.359. The van der Waals surface area contributed by atoms with Crippen LogP contribution in [-0.2, 0) is 0 Å². The Hall–Kier alpha value is -3.33. The number of carbonyl (C=O) groups is 2. The number of hydrogen-bond acceptors (Lipinski definition) is 8. The van der Waals surface area contributed by atoms with Crippen LogP contribution in [0, 0.1) is 0 Å². The Morgan fingerprint density at radius 1 is 1.14 bits per heavy atom. The van der Waals surface area contributed by atoms with Crippen molar-refractivity contribution in [1.82, 2.24) is 5.16 Å². The molecule has 9 heteroatoms. The van der Waals surface area contributed by atoms with Crippen LogP contribution in [0.15, 0.2) is 34.9 Å². The van der Waals surface area contributed by atoms with Gasteiger partial charge in [-0.3, -0.25) is 9.59 Å². The zero-order valence-electron chi connectivity index (χ0n) is 15.6. The number of amides is 1. The van der Waals surface area contributed by atoms with Crippen molar-refractivity contribution in [3.8, 4) is 11.3 Å². The molecule has 0 unspecified atom stereocenters. The molecular weight excluding hydrogens is 390 g/mol. The highest BCUT2D eigenvalue weighted by Gasteiger charge is 2.28. The van der Waals surface area contributed by atoms with E-state index in [1.807, 2.05) is 0 Å². The predicted molar refractivity (Wildman–Crippen MR) is 113 cm³/mol. The Labute approximate surface area is 171 Å². The first-order valence-corrected chi connectivity index (χ1v) is 10.1. The first-order valence-electron chi connectivity index (χ1n) is 9.30. The number of benzene rings is 1. The van der Waals surface area contributed by atoms with Crippen LogP contribution in [0.1, 0.15) is 51.5 Å². The number of rotatable bonds is 6. The molecule has 2 heterocycles. The van der Waals surface area contributed by atoms with Gasteiger partial charge in [0.1, 0.15) is 15.6 Å². The summed E-state index contributed by atoms with van der Waals surface area (Å²) in [6.07, 6.45) is 4.27. The number of hydrogen-bond donors (Lipinski definition) is 4. The Morgan fingerprint density at radius 3 is 2.48 bits per heavy atom. The van der Waals surface area contributed by atoms with Crippen molar-refractivity contribution >= 4 is 39.4 Å². The molecule has 1 fully saturated rings. The van der Waals surface area contributed by atoms with E-state index in [2.05, 4.69) is 10.5 Å². The summed E-state index contributed by atoms with van der Waals surface area (Å²) < 4.78 is 5.25. The minimum Gasteiger partial charge on any atom is -0.399 e. The van der Waals surface area contributed by atoms with E-state index in [0.29, 0.717) is 16.4 Å². The van der Waals surface area contributed by atoms with Gasteiger partial charge in [-0.05, 0) is 25.0 Å². The highest BCUT2D eigenvalue weighted by atomic mass is 32.1. The Balaban J connectivity index is 1.64. The molecule has 1 aliphatic carbocycles. The van der Waals surface area contributed by atoms with Crippen molar-refractivity contribution in [3.63, 3.8) is 0 Å². The predicted octanol–water partition coefficient (Wildman–Crippen LogP) is 3.25. The van der Waals surface area contributed by atoms with Crippen LogP contribution >= 0.6 is 11.3 Å². The molecule has 3 aromatic rings. The van der Waals surface area contributed by atoms with E-state index in [-0.39, 0.29) is 27.9 Å². The average Bonchev–Trinajstić information content (AvgIpc) is 3.42. The van der Waals surface area contributed by atoms with Gasteiger partial charge in [0.25, 0.3) is 5.91 Å². The lowest BCUT2D eigenvalue weighted by atomic mass is 10.1. The van der Waals surface area contributed by atoms with E-state index in [1.165, 1.54) is 0 Å². The molecule has 8 nitrogen and oxygen atoms in total. The summed E-state index contributed by atoms with van der Waals surface area (Å²) in [5.41, 5.74) is 19.5. The van der Waals surface area contributed by atoms with Gasteiger partial charge in [-0.1, -0.05) is 30.1 Å². The van der Waals surface area contributed by atoms with Crippen molar-refractivity contribution in [2.75, 3.05) is 16.8 Å². The van der Waals surface area contributed by atoms with Crippen LogP contribution in [0.2, 0.25) is 0 Å². The molecule has 29 heavy (non-hydrogen) atoms. The first kappa shape index (κ1) is 19.0. The molecule has 2 aromatic heterocycles. The third kappa shape index (κ3) is 3.68. The number of primary amides is 1. The number of aromatic nitrogens is 1. The highest BCUT2D eigenvalue weighted by Crippen LogP contribution is 2.39. The molecule has 4 rings (SSSR count). The zero-order chi connectivity index (χ0) is 20.5. The largest absolute Gasteiger partial charge is 0.399 e. The number of nitrogen functional groups attached to an aromatic ring is 2. The summed E-state index contributed by atoms with van der Waals surface area (Å²) in [6.45, 7) is 0. The van der Waals surface area contributed by atoms with Gasteiger partial charge in [0.2, 0.25) is 11.5 Å².